The summed E-state index contributed by atoms with van der Waals surface area (Å²) >= 11 is 0. The topological polar surface area (TPSA) is 12.9 Å². The third-order valence-electron chi connectivity index (χ3n) is 3.08. The monoisotopic (exact) mass is 243 g/mol. The van der Waals surface area contributed by atoms with Gasteiger partial charge in [0, 0.05) is 22.7 Å². The first-order valence-corrected chi connectivity index (χ1v) is 6.25. The molecule has 1 aromatic heterocycles. The Hall–Kier alpha value is -2.59. The van der Waals surface area contributed by atoms with Crippen LogP contribution >= 0.6 is 0 Å². The van der Waals surface area contributed by atoms with E-state index < -0.39 is 0 Å². The summed E-state index contributed by atoms with van der Waals surface area (Å²) in [6.07, 6.45) is 1.83. The zero-order valence-electron chi connectivity index (χ0n) is 10.7. The maximum atomic E-state index is 4.41. The average molecular weight is 243 g/mol. The summed E-state index contributed by atoms with van der Waals surface area (Å²) in [5, 5.41) is 1.12. The number of benzene rings is 2. The number of aromatic nitrogens is 1. The molecule has 0 radical (unpaired) electrons. The highest BCUT2D eigenvalue weighted by Crippen LogP contribution is 2.12. The summed E-state index contributed by atoms with van der Waals surface area (Å²) in [7, 11) is 0. The normalized spacial score (nSPS) is 9.95. The number of pyridine rings is 1. The van der Waals surface area contributed by atoms with E-state index in [-0.39, 0.29) is 0 Å². The van der Waals surface area contributed by atoms with Crippen molar-refractivity contribution >= 4 is 10.9 Å². The van der Waals surface area contributed by atoms with Crippen LogP contribution < -0.4 is 0 Å². The highest BCUT2D eigenvalue weighted by atomic mass is 14.6. The van der Waals surface area contributed by atoms with Gasteiger partial charge in [0.15, 0.2) is 0 Å². The zero-order valence-corrected chi connectivity index (χ0v) is 10.7. The summed E-state index contributed by atoms with van der Waals surface area (Å²) < 4.78 is 0. The second-order valence-electron chi connectivity index (χ2n) is 4.48. The number of hydrogen-bond donors (Lipinski definition) is 0. The molecule has 1 nitrogen and oxygen atoms in total. The third kappa shape index (κ3) is 2.48. The van der Waals surface area contributed by atoms with Crippen molar-refractivity contribution in [2.24, 2.45) is 0 Å². The lowest BCUT2D eigenvalue weighted by Crippen LogP contribution is -1.83. The number of para-hydroxylation sites is 1. The summed E-state index contributed by atoms with van der Waals surface area (Å²) in [6.45, 7) is 2.07. The summed E-state index contributed by atoms with van der Waals surface area (Å²) in [5.74, 6) is 6.39. The minimum absolute atomic E-state index is 0.946. The highest BCUT2D eigenvalue weighted by Gasteiger charge is 1.95. The second kappa shape index (κ2) is 4.96. The Morgan fingerprint density at radius 3 is 2.58 bits per heavy atom. The lowest BCUT2D eigenvalue weighted by Gasteiger charge is -1.97. The zero-order chi connectivity index (χ0) is 13.1. The van der Waals surface area contributed by atoms with E-state index in [4.69, 9.17) is 0 Å². The van der Waals surface area contributed by atoms with E-state index in [2.05, 4.69) is 41.9 Å². The molecule has 1 heteroatoms. The van der Waals surface area contributed by atoms with Crippen molar-refractivity contribution < 1.29 is 0 Å². The highest BCUT2D eigenvalue weighted by molar-refractivity contribution is 5.79. The number of rotatable bonds is 0. The van der Waals surface area contributed by atoms with Crippen LogP contribution in [0.5, 0.6) is 0 Å². The van der Waals surface area contributed by atoms with E-state index in [1.165, 1.54) is 5.56 Å². The molecule has 19 heavy (non-hydrogen) atoms. The molecule has 0 bridgehead atoms. The van der Waals surface area contributed by atoms with Crippen molar-refractivity contribution in [3.8, 4) is 11.8 Å². The molecular formula is C18H13N. The van der Waals surface area contributed by atoms with Crippen LogP contribution in [-0.2, 0) is 0 Å². The van der Waals surface area contributed by atoms with Crippen LogP contribution in [0, 0.1) is 18.8 Å². The quantitative estimate of drug-likeness (QED) is 0.545. The van der Waals surface area contributed by atoms with Crippen LogP contribution in [-0.4, -0.2) is 4.98 Å². The fourth-order valence-corrected chi connectivity index (χ4v) is 1.99. The average Bonchev–Trinajstić information content (AvgIpc) is 2.46. The molecule has 0 unspecified atom stereocenters. The fraction of sp³-hybridized carbons (Fsp3) is 0.0556. The van der Waals surface area contributed by atoms with Crippen LogP contribution in [0.3, 0.4) is 0 Å². The van der Waals surface area contributed by atoms with Gasteiger partial charge in [-0.05, 0) is 30.7 Å². The van der Waals surface area contributed by atoms with Gasteiger partial charge < -0.3 is 0 Å². The predicted octanol–water partition coefficient (Wildman–Crippen LogP) is 3.94. The molecule has 1 heterocycles. The fourth-order valence-electron chi connectivity index (χ4n) is 1.99. The van der Waals surface area contributed by atoms with Gasteiger partial charge in [-0.15, -0.1) is 0 Å². The van der Waals surface area contributed by atoms with E-state index >= 15 is 0 Å². The SMILES string of the molecule is Cc1ccccc1C#Cc1cnc2ccccc2c1. The molecule has 2 aromatic carbocycles. The first-order chi connectivity index (χ1) is 9.33. The number of hydrogen-bond acceptors (Lipinski definition) is 1. The molecule has 0 saturated heterocycles. The van der Waals surface area contributed by atoms with Crippen LogP contribution in [0.4, 0.5) is 0 Å². The summed E-state index contributed by atoms with van der Waals surface area (Å²) in [5.41, 5.74) is 4.21. The van der Waals surface area contributed by atoms with Gasteiger partial charge in [-0.1, -0.05) is 48.2 Å². The van der Waals surface area contributed by atoms with E-state index in [0.29, 0.717) is 0 Å². The Bertz CT molecular complexity index is 791. The predicted molar refractivity (Wildman–Crippen MR) is 78.9 cm³/mol. The molecule has 0 aliphatic rings. The molecule has 3 aromatic rings. The molecule has 90 valence electrons. The Kier molecular flexibility index (Phi) is 3.00. The van der Waals surface area contributed by atoms with Crippen molar-refractivity contribution in [3.63, 3.8) is 0 Å². The van der Waals surface area contributed by atoms with Crippen LogP contribution in [0.2, 0.25) is 0 Å². The van der Waals surface area contributed by atoms with Gasteiger partial charge in [0.05, 0.1) is 5.52 Å². The number of fused-ring (bicyclic) bond motifs is 1. The van der Waals surface area contributed by atoms with Crippen LogP contribution in [0.25, 0.3) is 10.9 Å². The van der Waals surface area contributed by atoms with Gasteiger partial charge >= 0.3 is 0 Å². The van der Waals surface area contributed by atoms with Crippen molar-refractivity contribution in [1.29, 1.82) is 0 Å². The van der Waals surface area contributed by atoms with E-state index in [1.54, 1.807) is 0 Å². The molecule has 0 fully saturated rings. The van der Waals surface area contributed by atoms with Gasteiger partial charge in [0.1, 0.15) is 0 Å². The van der Waals surface area contributed by atoms with Gasteiger partial charge in [-0.3, -0.25) is 4.98 Å². The molecule has 0 spiro atoms. The van der Waals surface area contributed by atoms with E-state index in [1.807, 2.05) is 42.6 Å². The standard InChI is InChI=1S/C18H13N/c1-14-6-2-3-7-16(14)11-10-15-12-17-8-4-5-9-18(17)19-13-15/h2-9,12-13H,1H3. The van der Waals surface area contributed by atoms with Gasteiger partial charge in [-0.25, -0.2) is 0 Å². The lowest BCUT2D eigenvalue weighted by molar-refractivity contribution is 1.39. The maximum Gasteiger partial charge on any atom is 0.0702 e. The van der Waals surface area contributed by atoms with Crippen LogP contribution in [0.1, 0.15) is 16.7 Å². The van der Waals surface area contributed by atoms with Crippen LogP contribution in [0.15, 0.2) is 60.8 Å². The third-order valence-corrected chi connectivity index (χ3v) is 3.08. The molecule has 0 saturated carbocycles. The van der Waals surface area contributed by atoms with Gasteiger partial charge in [-0.2, -0.15) is 0 Å². The second-order valence-corrected chi connectivity index (χ2v) is 4.48. The van der Waals surface area contributed by atoms with Crippen molar-refractivity contribution in [1.82, 2.24) is 4.98 Å². The Morgan fingerprint density at radius 1 is 0.895 bits per heavy atom. The first-order valence-electron chi connectivity index (χ1n) is 6.25. The van der Waals surface area contributed by atoms with Gasteiger partial charge in [0.2, 0.25) is 0 Å². The minimum atomic E-state index is 0.946. The maximum absolute atomic E-state index is 4.41. The molecule has 0 aliphatic carbocycles. The molecule has 3 rings (SSSR count). The van der Waals surface area contributed by atoms with Gasteiger partial charge in [0.25, 0.3) is 0 Å². The Morgan fingerprint density at radius 2 is 1.68 bits per heavy atom. The smallest absolute Gasteiger partial charge is 0.0702 e. The van der Waals surface area contributed by atoms with E-state index in [9.17, 15) is 0 Å². The number of nitrogens with zero attached hydrogens (tertiary/aromatic N) is 1. The van der Waals surface area contributed by atoms with Crippen molar-refractivity contribution in [2.45, 2.75) is 6.92 Å². The summed E-state index contributed by atoms with van der Waals surface area (Å²) in [6, 6.07) is 18.3. The van der Waals surface area contributed by atoms with E-state index in [0.717, 1.165) is 22.0 Å². The molecule has 0 aliphatic heterocycles. The Labute approximate surface area is 112 Å². The first kappa shape index (κ1) is 11.5. The van der Waals surface area contributed by atoms with Crippen molar-refractivity contribution in [3.05, 3.63) is 77.5 Å². The largest absolute Gasteiger partial charge is 0.255 e. The number of aryl methyl sites for hydroxylation is 1. The lowest BCUT2D eigenvalue weighted by atomic mass is 10.1. The Balaban J connectivity index is 2.01. The van der Waals surface area contributed by atoms with Crippen molar-refractivity contribution in [2.75, 3.05) is 0 Å². The molecule has 0 atom stereocenters. The molecular weight excluding hydrogens is 230 g/mol. The molecule has 0 N–H and O–H groups in total. The summed E-state index contributed by atoms with van der Waals surface area (Å²) in [4.78, 5) is 4.41. The molecule has 0 amide bonds. The minimum Gasteiger partial charge on any atom is -0.255 e.